The van der Waals surface area contributed by atoms with Gasteiger partial charge in [-0.2, -0.15) is 5.26 Å². The molecule has 0 saturated carbocycles. The van der Waals surface area contributed by atoms with Gasteiger partial charge in [-0.15, -0.1) is 11.3 Å². The topological polar surface area (TPSA) is 80.5 Å². The number of thiazole rings is 1. The normalized spacial score (nSPS) is 19.0. The number of carbonyl (C=O) groups excluding carboxylic acids is 2. The number of aromatic nitrogens is 1. The van der Waals surface area contributed by atoms with Crippen LogP contribution in [0, 0.1) is 11.3 Å². The van der Waals surface area contributed by atoms with Crippen LogP contribution in [0.1, 0.15) is 21.8 Å². The van der Waals surface area contributed by atoms with Crippen LogP contribution in [-0.2, 0) is 4.79 Å². The molecule has 2 aliphatic rings. The monoisotopic (exact) mass is 457 g/mol. The molecule has 5 rings (SSSR count). The first-order valence-electron chi connectivity index (χ1n) is 11.0. The predicted molar refractivity (Wildman–Crippen MR) is 127 cm³/mol. The van der Waals surface area contributed by atoms with Gasteiger partial charge in [-0.3, -0.25) is 14.5 Å². The van der Waals surface area contributed by atoms with Crippen molar-refractivity contribution in [3.63, 3.8) is 0 Å². The highest BCUT2D eigenvalue weighted by Crippen LogP contribution is 2.28. The number of anilines is 1. The maximum atomic E-state index is 12.8. The van der Waals surface area contributed by atoms with Crippen LogP contribution in [-0.4, -0.2) is 65.4 Å². The zero-order valence-corrected chi connectivity index (χ0v) is 18.9. The summed E-state index contributed by atoms with van der Waals surface area (Å²) in [7, 11) is 0. The van der Waals surface area contributed by atoms with E-state index in [1.807, 2.05) is 63.7 Å². The molecule has 2 aliphatic heterocycles. The first-order chi connectivity index (χ1) is 16.1. The van der Waals surface area contributed by atoms with Gasteiger partial charge in [-0.1, -0.05) is 24.3 Å². The summed E-state index contributed by atoms with van der Waals surface area (Å²) in [6, 6.07) is 17.8. The van der Waals surface area contributed by atoms with Crippen molar-refractivity contribution < 1.29 is 9.59 Å². The molecule has 3 aromatic rings. The predicted octanol–water partition coefficient (Wildman–Crippen LogP) is 3.25. The second-order valence-corrected chi connectivity index (χ2v) is 9.16. The lowest BCUT2D eigenvalue weighted by molar-refractivity contribution is -0.117. The minimum absolute atomic E-state index is 0.00358. The maximum absolute atomic E-state index is 12.8. The van der Waals surface area contributed by atoms with Crippen molar-refractivity contribution in [2.24, 2.45) is 0 Å². The van der Waals surface area contributed by atoms with E-state index < -0.39 is 0 Å². The Bertz CT molecular complexity index is 1180. The largest absolute Gasteiger partial charge is 0.334 e. The van der Waals surface area contributed by atoms with Crippen LogP contribution in [0.25, 0.3) is 11.1 Å². The molecule has 1 atom stereocenters. The number of carbonyl (C=O) groups is 2. The van der Waals surface area contributed by atoms with Crippen LogP contribution in [0.2, 0.25) is 0 Å². The van der Waals surface area contributed by atoms with E-state index in [1.54, 1.807) is 6.20 Å². The van der Waals surface area contributed by atoms with Crippen molar-refractivity contribution in [3.8, 4) is 17.2 Å². The van der Waals surface area contributed by atoms with Crippen LogP contribution in [0.3, 0.4) is 0 Å². The van der Waals surface area contributed by atoms with E-state index in [2.05, 4.69) is 16.0 Å². The number of piperazine rings is 1. The third kappa shape index (κ3) is 4.38. The van der Waals surface area contributed by atoms with Crippen molar-refractivity contribution in [2.75, 3.05) is 37.6 Å². The van der Waals surface area contributed by atoms with Crippen molar-refractivity contribution in [1.82, 2.24) is 14.8 Å². The van der Waals surface area contributed by atoms with Crippen LogP contribution in [0.15, 0.2) is 60.1 Å². The summed E-state index contributed by atoms with van der Waals surface area (Å²) in [5.74, 6) is 0.128. The van der Waals surface area contributed by atoms with E-state index in [4.69, 9.17) is 5.26 Å². The van der Waals surface area contributed by atoms with E-state index in [-0.39, 0.29) is 17.9 Å². The van der Waals surface area contributed by atoms with E-state index >= 15 is 0 Å². The fourth-order valence-electron chi connectivity index (χ4n) is 4.51. The Kier molecular flexibility index (Phi) is 5.90. The molecule has 1 unspecified atom stereocenters. The molecule has 7 nitrogen and oxygen atoms in total. The first-order valence-corrected chi connectivity index (χ1v) is 11.8. The summed E-state index contributed by atoms with van der Waals surface area (Å²) in [4.78, 5) is 35.5. The highest BCUT2D eigenvalue weighted by atomic mass is 32.1. The fraction of sp³-hybridized carbons (Fsp3) is 0.280. The Morgan fingerprint density at radius 1 is 1.00 bits per heavy atom. The lowest BCUT2D eigenvalue weighted by Crippen LogP contribution is -2.52. The summed E-state index contributed by atoms with van der Waals surface area (Å²) in [6.07, 6.45) is 2.15. The third-order valence-electron chi connectivity index (χ3n) is 6.36. The average molecular weight is 458 g/mol. The highest BCUT2D eigenvalue weighted by molar-refractivity contribution is 7.11. The minimum atomic E-state index is -0.00358. The van der Waals surface area contributed by atoms with Crippen LogP contribution >= 0.6 is 11.3 Å². The smallest absolute Gasteiger partial charge is 0.282 e. The number of rotatable bonds is 4. The van der Waals surface area contributed by atoms with Gasteiger partial charge in [0.2, 0.25) is 5.91 Å². The van der Waals surface area contributed by atoms with Gasteiger partial charge < -0.3 is 9.80 Å². The molecule has 0 radical (unpaired) electrons. The van der Waals surface area contributed by atoms with E-state index in [1.165, 1.54) is 11.3 Å². The Balaban J connectivity index is 1.20. The second-order valence-electron chi connectivity index (χ2n) is 8.26. The molecular formula is C25H23N5O2S. The molecule has 2 aromatic carbocycles. The maximum Gasteiger partial charge on any atom is 0.282 e. The first kappa shape index (κ1) is 21.3. The number of nitriles is 1. The SMILES string of the molecule is N#Cc1ccc(-c2ccc(N3CC(N4CCN(C(=O)c5nccs5)CC4)CC3=O)cc2)cc1. The van der Waals surface area contributed by atoms with Gasteiger partial charge in [-0.05, 0) is 35.4 Å². The fourth-order valence-corrected chi connectivity index (χ4v) is 5.11. The molecule has 0 N–H and O–H groups in total. The summed E-state index contributed by atoms with van der Waals surface area (Å²) in [6.45, 7) is 3.50. The third-order valence-corrected chi connectivity index (χ3v) is 7.13. The highest BCUT2D eigenvalue weighted by Gasteiger charge is 2.36. The van der Waals surface area contributed by atoms with Crippen molar-refractivity contribution in [2.45, 2.75) is 12.5 Å². The average Bonchev–Trinajstić information content (AvgIpc) is 3.54. The molecule has 1 aromatic heterocycles. The molecule has 2 saturated heterocycles. The summed E-state index contributed by atoms with van der Waals surface area (Å²) < 4.78 is 0. The van der Waals surface area contributed by atoms with Gasteiger partial charge in [0.15, 0.2) is 5.01 Å². The summed E-state index contributed by atoms with van der Waals surface area (Å²) in [5, 5.41) is 11.3. The molecule has 0 aliphatic carbocycles. The minimum Gasteiger partial charge on any atom is -0.334 e. The van der Waals surface area contributed by atoms with Crippen LogP contribution in [0.5, 0.6) is 0 Å². The van der Waals surface area contributed by atoms with E-state index in [0.29, 0.717) is 36.6 Å². The molecule has 8 heteroatoms. The van der Waals surface area contributed by atoms with Gasteiger partial charge >= 0.3 is 0 Å². The van der Waals surface area contributed by atoms with Crippen molar-refractivity contribution >= 4 is 28.8 Å². The lowest BCUT2D eigenvalue weighted by Gasteiger charge is -2.37. The molecule has 166 valence electrons. The standard InChI is InChI=1S/C25H23N5O2S/c26-16-18-1-3-19(4-2-18)20-5-7-21(8-6-20)30-17-22(15-23(30)31)28-10-12-29(13-11-28)25(32)24-27-9-14-33-24/h1-9,14,22H,10-13,15,17H2. The number of amides is 2. The molecule has 33 heavy (non-hydrogen) atoms. The van der Waals surface area contributed by atoms with Gasteiger partial charge in [0.05, 0.1) is 11.6 Å². The van der Waals surface area contributed by atoms with Gasteiger partial charge in [-0.25, -0.2) is 4.98 Å². The van der Waals surface area contributed by atoms with Crippen LogP contribution < -0.4 is 4.90 Å². The molecule has 2 amide bonds. The van der Waals surface area contributed by atoms with Gasteiger partial charge in [0.25, 0.3) is 5.91 Å². The van der Waals surface area contributed by atoms with Crippen LogP contribution in [0.4, 0.5) is 5.69 Å². The number of nitrogens with zero attached hydrogens (tertiary/aromatic N) is 5. The quantitative estimate of drug-likeness (QED) is 0.601. The second kappa shape index (κ2) is 9.14. The Hall–Kier alpha value is -3.54. The zero-order valence-electron chi connectivity index (χ0n) is 18.1. The molecule has 2 fully saturated rings. The van der Waals surface area contributed by atoms with Gasteiger partial charge in [0, 0.05) is 62.5 Å². The Morgan fingerprint density at radius 3 is 2.27 bits per heavy atom. The summed E-state index contributed by atoms with van der Waals surface area (Å²) >= 11 is 1.37. The lowest BCUT2D eigenvalue weighted by atomic mass is 10.0. The number of hydrogen-bond donors (Lipinski definition) is 0. The molecule has 0 spiro atoms. The number of hydrogen-bond acceptors (Lipinski definition) is 6. The molecular weight excluding hydrogens is 434 g/mol. The van der Waals surface area contributed by atoms with E-state index in [0.717, 1.165) is 29.9 Å². The zero-order chi connectivity index (χ0) is 22.8. The Morgan fingerprint density at radius 2 is 1.67 bits per heavy atom. The van der Waals surface area contributed by atoms with Gasteiger partial charge in [0.1, 0.15) is 0 Å². The summed E-state index contributed by atoms with van der Waals surface area (Å²) in [5.41, 5.74) is 3.62. The van der Waals surface area contributed by atoms with Crippen molar-refractivity contribution in [1.29, 1.82) is 5.26 Å². The van der Waals surface area contributed by atoms with Crippen molar-refractivity contribution in [3.05, 3.63) is 70.7 Å². The molecule has 3 heterocycles. The number of benzene rings is 2. The Labute approximate surface area is 196 Å². The molecule has 0 bridgehead atoms. The van der Waals surface area contributed by atoms with E-state index in [9.17, 15) is 9.59 Å².